The molecule has 1 heterocycles. The van der Waals surface area contributed by atoms with E-state index < -0.39 is 0 Å². The molecule has 0 aliphatic heterocycles. The third kappa shape index (κ3) is 5.46. The van der Waals surface area contributed by atoms with Crippen molar-refractivity contribution in [2.45, 2.75) is 0 Å². The Morgan fingerprint density at radius 1 is 0.321 bits per heavy atom. The van der Waals surface area contributed by atoms with Crippen LogP contribution in [0.25, 0.3) is 85.9 Å². The number of rotatable bonds is 6. The van der Waals surface area contributed by atoms with Crippen molar-refractivity contribution in [1.82, 2.24) is 0 Å². The maximum Gasteiger partial charge on any atom is 0.0547 e. The summed E-state index contributed by atoms with van der Waals surface area (Å²) in [5.74, 6) is 0. The predicted octanol–water partition coefficient (Wildman–Crippen LogP) is 16.0. The van der Waals surface area contributed by atoms with E-state index in [0.29, 0.717) is 0 Å². The Labute approximate surface area is 330 Å². The van der Waals surface area contributed by atoms with Crippen LogP contribution in [0.5, 0.6) is 0 Å². The normalized spacial score (nSPS) is 11.6. The maximum atomic E-state index is 2.47. The van der Waals surface area contributed by atoms with Crippen LogP contribution in [0, 0.1) is 0 Å². The van der Waals surface area contributed by atoms with E-state index in [2.05, 4.69) is 217 Å². The van der Waals surface area contributed by atoms with Crippen LogP contribution in [0.2, 0.25) is 0 Å². The van der Waals surface area contributed by atoms with Crippen LogP contribution in [-0.4, -0.2) is 0 Å². The summed E-state index contributed by atoms with van der Waals surface area (Å²) in [5.41, 5.74) is 10.7. The van der Waals surface area contributed by atoms with Gasteiger partial charge < -0.3 is 4.90 Å². The van der Waals surface area contributed by atoms with Crippen molar-refractivity contribution in [2.75, 3.05) is 4.90 Å². The first kappa shape index (κ1) is 32.4. The van der Waals surface area contributed by atoms with Crippen molar-refractivity contribution in [1.29, 1.82) is 0 Å². The van der Waals surface area contributed by atoms with Gasteiger partial charge in [0.15, 0.2) is 0 Å². The third-order valence-corrected chi connectivity index (χ3v) is 12.4. The van der Waals surface area contributed by atoms with Gasteiger partial charge in [0.2, 0.25) is 0 Å². The van der Waals surface area contributed by atoms with Crippen LogP contribution in [0.3, 0.4) is 0 Å². The van der Waals surface area contributed by atoms with Gasteiger partial charge >= 0.3 is 0 Å². The van der Waals surface area contributed by atoms with Gasteiger partial charge in [0.1, 0.15) is 0 Å². The monoisotopic (exact) mass is 729 g/mol. The first-order chi connectivity index (χ1) is 27.8. The maximum absolute atomic E-state index is 2.47. The molecule has 262 valence electrons. The van der Waals surface area contributed by atoms with E-state index in [1.54, 1.807) is 0 Å². The number of nitrogens with zero attached hydrogens (tertiary/aromatic N) is 1. The molecule has 0 saturated heterocycles. The molecular weight excluding hydrogens is 695 g/mol. The van der Waals surface area contributed by atoms with Crippen molar-refractivity contribution >= 4 is 80.9 Å². The highest BCUT2D eigenvalue weighted by Gasteiger charge is 2.22. The second-order valence-electron chi connectivity index (χ2n) is 14.5. The summed E-state index contributed by atoms with van der Waals surface area (Å²) in [4.78, 5) is 2.47. The molecule has 0 spiro atoms. The van der Waals surface area contributed by atoms with Gasteiger partial charge in [-0.2, -0.15) is 0 Å². The van der Waals surface area contributed by atoms with Crippen LogP contribution >= 0.6 is 11.3 Å². The summed E-state index contributed by atoms with van der Waals surface area (Å²) in [5, 5.41) is 10.0. The van der Waals surface area contributed by atoms with E-state index in [9.17, 15) is 0 Å². The van der Waals surface area contributed by atoms with Crippen molar-refractivity contribution in [2.24, 2.45) is 0 Å². The smallest absolute Gasteiger partial charge is 0.0547 e. The molecule has 11 aromatic rings. The van der Waals surface area contributed by atoms with Gasteiger partial charge in [-0.05, 0) is 91.3 Å². The molecule has 11 rings (SSSR count). The molecule has 0 unspecified atom stereocenters. The number of fused-ring (bicyclic) bond motifs is 7. The van der Waals surface area contributed by atoms with Crippen LogP contribution in [0.1, 0.15) is 0 Å². The highest BCUT2D eigenvalue weighted by atomic mass is 32.1. The number of benzene rings is 10. The first-order valence-corrected chi connectivity index (χ1v) is 20.0. The third-order valence-electron chi connectivity index (χ3n) is 11.2. The zero-order valence-electron chi connectivity index (χ0n) is 30.6. The molecule has 56 heavy (non-hydrogen) atoms. The molecule has 0 saturated carbocycles. The van der Waals surface area contributed by atoms with Crippen LogP contribution in [0.4, 0.5) is 17.1 Å². The van der Waals surface area contributed by atoms with E-state index in [1.807, 2.05) is 11.3 Å². The Kier molecular flexibility index (Phi) is 7.75. The topological polar surface area (TPSA) is 3.24 Å². The average molecular weight is 730 g/mol. The summed E-state index contributed by atoms with van der Waals surface area (Å²) in [6.45, 7) is 0. The first-order valence-electron chi connectivity index (χ1n) is 19.2. The molecule has 0 aliphatic rings. The van der Waals surface area contributed by atoms with Crippen molar-refractivity contribution in [3.63, 3.8) is 0 Å². The average Bonchev–Trinajstić information content (AvgIpc) is 3.66. The standard InChI is InChI=1S/C54H35NS/c1-2-13-36(14-3-1)38-27-29-39(30-28-38)42-19-10-20-43(33-42)55(44-32-31-37-15-4-5-17-41(37)34-44)51-35-50-53-48(46-24-11-18-40-16-6-7-21-45(40)46)25-12-26-52(53)56-54(50)49-23-9-8-22-47(49)51/h1-35H. The fourth-order valence-corrected chi connectivity index (χ4v) is 9.80. The fourth-order valence-electron chi connectivity index (χ4n) is 8.55. The number of hydrogen-bond donors (Lipinski definition) is 0. The molecule has 0 aliphatic carbocycles. The number of thiophene rings is 1. The Bertz CT molecular complexity index is 3240. The van der Waals surface area contributed by atoms with Crippen LogP contribution < -0.4 is 4.90 Å². The Hall–Kier alpha value is -7.00. The van der Waals surface area contributed by atoms with Gasteiger partial charge in [-0.15, -0.1) is 11.3 Å². The summed E-state index contributed by atoms with van der Waals surface area (Å²) in [7, 11) is 0. The van der Waals surface area contributed by atoms with Gasteiger partial charge in [-0.1, -0.05) is 176 Å². The van der Waals surface area contributed by atoms with E-state index >= 15 is 0 Å². The molecule has 0 bridgehead atoms. The van der Waals surface area contributed by atoms with E-state index in [4.69, 9.17) is 0 Å². The molecule has 0 fully saturated rings. The van der Waals surface area contributed by atoms with Gasteiger partial charge in [0.05, 0.1) is 5.69 Å². The minimum Gasteiger partial charge on any atom is -0.310 e. The van der Waals surface area contributed by atoms with Gasteiger partial charge in [0, 0.05) is 42.3 Å². The van der Waals surface area contributed by atoms with Crippen molar-refractivity contribution < 1.29 is 0 Å². The molecule has 2 heteroatoms. The van der Waals surface area contributed by atoms with E-state index in [1.165, 1.54) is 85.9 Å². The quantitative estimate of drug-likeness (QED) is 0.165. The lowest BCUT2D eigenvalue weighted by atomic mass is 9.93. The molecule has 0 radical (unpaired) electrons. The number of anilines is 3. The summed E-state index contributed by atoms with van der Waals surface area (Å²) in [6, 6.07) is 77.7. The summed E-state index contributed by atoms with van der Waals surface area (Å²) < 4.78 is 2.61. The van der Waals surface area contributed by atoms with E-state index in [-0.39, 0.29) is 0 Å². The number of hydrogen-bond acceptors (Lipinski definition) is 2. The summed E-state index contributed by atoms with van der Waals surface area (Å²) >= 11 is 1.90. The zero-order chi connectivity index (χ0) is 37.0. The van der Waals surface area contributed by atoms with Crippen LogP contribution in [-0.2, 0) is 0 Å². The molecule has 1 nitrogen and oxygen atoms in total. The van der Waals surface area contributed by atoms with Crippen molar-refractivity contribution in [3.8, 4) is 33.4 Å². The summed E-state index contributed by atoms with van der Waals surface area (Å²) in [6.07, 6.45) is 0. The Morgan fingerprint density at radius 2 is 0.911 bits per heavy atom. The van der Waals surface area contributed by atoms with E-state index in [0.717, 1.165) is 17.1 Å². The molecular formula is C54H35NS. The SMILES string of the molecule is c1ccc(-c2ccc(-c3cccc(N(c4ccc5ccccc5c4)c4cc5c(sc6cccc(-c7cccc8ccccc78)c65)c5ccccc45)c3)cc2)cc1. The Balaban J connectivity index is 1.16. The molecule has 0 N–H and O–H groups in total. The van der Waals surface area contributed by atoms with Gasteiger partial charge in [-0.3, -0.25) is 0 Å². The molecule has 1 aromatic heterocycles. The second-order valence-corrected chi connectivity index (χ2v) is 15.5. The van der Waals surface area contributed by atoms with Gasteiger partial charge in [0.25, 0.3) is 0 Å². The minimum atomic E-state index is 1.11. The highest BCUT2D eigenvalue weighted by molar-refractivity contribution is 7.26. The highest BCUT2D eigenvalue weighted by Crippen LogP contribution is 2.49. The second kappa shape index (κ2) is 13.4. The largest absolute Gasteiger partial charge is 0.310 e. The van der Waals surface area contributed by atoms with Gasteiger partial charge in [-0.25, -0.2) is 0 Å². The lowest BCUT2D eigenvalue weighted by Crippen LogP contribution is -2.10. The predicted molar refractivity (Wildman–Crippen MR) is 243 cm³/mol. The van der Waals surface area contributed by atoms with Crippen LogP contribution in [0.15, 0.2) is 212 Å². The lowest BCUT2D eigenvalue weighted by Gasteiger charge is -2.28. The van der Waals surface area contributed by atoms with Crippen molar-refractivity contribution in [3.05, 3.63) is 212 Å². The fraction of sp³-hybridized carbons (Fsp3) is 0. The lowest BCUT2D eigenvalue weighted by molar-refractivity contribution is 1.31. The molecule has 10 aromatic carbocycles. The zero-order valence-corrected chi connectivity index (χ0v) is 31.4. The Morgan fingerprint density at radius 3 is 1.75 bits per heavy atom. The molecule has 0 amide bonds. The molecule has 0 atom stereocenters. The minimum absolute atomic E-state index is 1.11.